The Balaban J connectivity index is 1.04. The second kappa shape index (κ2) is 17.4. The maximum atomic E-state index is 4.01. The van der Waals surface area contributed by atoms with E-state index in [-0.39, 0.29) is 6.04 Å². The normalized spacial score (nSPS) is 32.5. The molecule has 6 N–H and O–H groups in total. The molecule has 2 aromatic carbocycles. The highest BCUT2D eigenvalue weighted by atomic mass is 15.0. The van der Waals surface area contributed by atoms with Crippen LogP contribution in [0.15, 0.2) is 84.5 Å². The molecule has 3 saturated carbocycles. The summed E-state index contributed by atoms with van der Waals surface area (Å²) >= 11 is 0. The Kier molecular flexibility index (Phi) is 12.3. The lowest BCUT2D eigenvalue weighted by atomic mass is 9.89. The largest absolute Gasteiger partial charge is 0.308 e. The van der Waals surface area contributed by atoms with Crippen LogP contribution in [0.1, 0.15) is 99.3 Å². The molecule has 2 aromatic rings. The smallest absolute Gasteiger partial charge is 0.0444 e. The quantitative estimate of drug-likeness (QED) is 0.202. The predicted octanol–water partition coefficient (Wildman–Crippen LogP) is 6.29. The topological polar surface area (TPSA) is 72.2 Å². The van der Waals surface area contributed by atoms with E-state index in [1.54, 1.807) is 0 Å². The fourth-order valence-electron chi connectivity index (χ4n) is 8.73. The van der Waals surface area contributed by atoms with Gasteiger partial charge in [0.15, 0.2) is 0 Å². The molecule has 48 heavy (non-hydrogen) atoms. The summed E-state index contributed by atoms with van der Waals surface area (Å²) in [5.74, 6) is 0. The molecule has 0 saturated heterocycles. The summed E-state index contributed by atoms with van der Waals surface area (Å²) in [5, 5.41) is 23.7. The molecule has 0 aromatic heterocycles. The average molecular weight is 649 g/mol. The van der Waals surface area contributed by atoms with E-state index in [1.165, 1.54) is 105 Å². The van der Waals surface area contributed by atoms with Crippen LogP contribution in [-0.4, -0.2) is 48.8 Å². The van der Waals surface area contributed by atoms with Crippen molar-refractivity contribution in [3.05, 3.63) is 107 Å². The van der Waals surface area contributed by atoms with Crippen molar-refractivity contribution in [1.82, 2.24) is 31.9 Å². The van der Waals surface area contributed by atoms with Crippen LogP contribution in [0.3, 0.4) is 0 Å². The highest BCUT2D eigenvalue weighted by Gasteiger charge is 2.27. The Labute approximate surface area is 290 Å². The molecule has 6 bridgehead atoms. The summed E-state index contributed by atoms with van der Waals surface area (Å²) < 4.78 is 0. The van der Waals surface area contributed by atoms with Crippen LogP contribution < -0.4 is 31.9 Å². The van der Waals surface area contributed by atoms with Crippen LogP contribution in [-0.2, 0) is 26.2 Å². The minimum absolute atomic E-state index is 0.267. The molecule has 258 valence electrons. The van der Waals surface area contributed by atoms with Crippen LogP contribution in [0.4, 0.5) is 0 Å². The van der Waals surface area contributed by atoms with Gasteiger partial charge in [-0.1, -0.05) is 117 Å². The molecule has 3 heterocycles. The van der Waals surface area contributed by atoms with Crippen molar-refractivity contribution < 1.29 is 0 Å². The van der Waals surface area contributed by atoms with Crippen molar-refractivity contribution in [1.29, 1.82) is 0 Å². The van der Waals surface area contributed by atoms with E-state index in [0.717, 1.165) is 32.7 Å². The van der Waals surface area contributed by atoms with Gasteiger partial charge in [-0.3, -0.25) is 0 Å². The molecule has 9 rings (SSSR count). The third kappa shape index (κ3) is 9.56. The van der Waals surface area contributed by atoms with Gasteiger partial charge in [-0.25, -0.2) is 0 Å². The lowest BCUT2D eigenvalue weighted by molar-refractivity contribution is 0.279. The lowest BCUT2D eigenvalue weighted by Gasteiger charge is -2.35. The maximum absolute atomic E-state index is 4.01. The first kappa shape index (κ1) is 33.9. The van der Waals surface area contributed by atoms with Crippen LogP contribution in [0.2, 0.25) is 0 Å². The second-order valence-electron chi connectivity index (χ2n) is 15.2. The SMILES string of the molecule is C1=CC2C=CC(=C1)CN[C@@H]1CCCC[C@H]1NCc1ccc(cc1)CN[C@@H]1CCCC[C@H]1NCc1ccc(cc1)CN[C@@H]1CCCC[C@H]1N2. The molecule has 6 nitrogen and oxygen atoms in total. The standard InChI is InChI=1S/C42H60N6/c1-2-11-38-37(10-1)43-26-31-8-7-9-36(25-24-31)48-42-15-6-5-14-41(42)47-30-35-22-20-34(21-23-35)29-46-40-13-4-3-12-39(40)45-28-33-18-16-32(17-19-33)27-44-38/h7-9,16-25,36-48H,1-6,10-15,26-30H2/t36?,37-,38-,39-,40-,41-,42-/m1/s1. The Morgan fingerprint density at radius 1 is 0.396 bits per heavy atom. The summed E-state index contributed by atoms with van der Waals surface area (Å²) in [6.07, 6.45) is 27.0. The van der Waals surface area contributed by atoms with Gasteiger partial charge < -0.3 is 31.9 Å². The zero-order valence-electron chi connectivity index (χ0n) is 29.1. The minimum atomic E-state index is 0.267. The zero-order chi connectivity index (χ0) is 32.4. The molecule has 0 spiro atoms. The van der Waals surface area contributed by atoms with E-state index in [1.807, 2.05) is 0 Å². The predicted molar refractivity (Wildman–Crippen MR) is 200 cm³/mol. The van der Waals surface area contributed by atoms with E-state index < -0.39 is 0 Å². The second-order valence-corrected chi connectivity index (χ2v) is 15.2. The lowest BCUT2D eigenvalue weighted by Crippen LogP contribution is -2.51. The number of nitrogens with one attached hydrogen (secondary N) is 6. The van der Waals surface area contributed by atoms with Crippen LogP contribution in [0, 0.1) is 0 Å². The molecule has 0 amide bonds. The van der Waals surface area contributed by atoms with Crippen molar-refractivity contribution in [2.24, 2.45) is 0 Å². The molecule has 4 aliphatic carbocycles. The van der Waals surface area contributed by atoms with Gasteiger partial charge in [0, 0.05) is 75.0 Å². The number of allylic oxidation sites excluding steroid dienone is 2. The van der Waals surface area contributed by atoms with Crippen molar-refractivity contribution >= 4 is 0 Å². The third-order valence-corrected chi connectivity index (χ3v) is 11.7. The molecule has 3 fully saturated rings. The number of hydrogen-bond donors (Lipinski definition) is 6. The van der Waals surface area contributed by atoms with Gasteiger partial charge in [0.2, 0.25) is 0 Å². The number of benzene rings is 2. The minimum Gasteiger partial charge on any atom is -0.308 e. The van der Waals surface area contributed by atoms with E-state index in [0.29, 0.717) is 36.3 Å². The molecular weight excluding hydrogens is 589 g/mol. The first-order valence-electron chi connectivity index (χ1n) is 19.4. The number of fused-ring (bicyclic) bond motifs is 2. The molecule has 1 unspecified atom stereocenters. The highest BCUT2D eigenvalue weighted by Crippen LogP contribution is 2.23. The molecule has 0 radical (unpaired) electrons. The van der Waals surface area contributed by atoms with Crippen molar-refractivity contribution in [3.63, 3.8) is 0 Å². The van der Waals surface area contributed by atoms with Crippen molar-refractivity contribution in [3.8, 4) is 0 Å². The average Bonchev–Trinajstić information content (AvgIpc) is 3.37. The Hall–Kier alpha value is -2.58. The van der Waals surface area contributed by atoms with Crippen LogP contribution >= 0.6 is 0 Å². The van der Waals surface area contributed by atoms with Gasteiger partial charge in [-0.2, -0.15) is 0 Å². The molecular formula is C42H60N6. The Morgan fingerprint density at radius 2 is 0.750 bits per heavy atom. The summed E-state index contributed by atoms with van der Waals surface area (Å²) in [5.41, 5.74) is 6.88. The highest BCUT2D eigenvalue weighted by molar-refractivity contribution is 5.32. The van der Waals surface area contributed by atoms with E-state index in [9.17, 15) is 0 Å². The maximum Gasteiger partial charge on any atom is 0.0444 e. The van der Waals surface area contributed by atoms with Gasteiger partial charge in [0.1, 0.15) is 0 Å². The molecule has 6 heteroatoms. The zero-order valence-corrected chi connectivity index (χ0v) is 29.1. The van der Waals surface area contributed by atoms with Crippen LogP contribution in [0.25, 0.3) is 0 Å². The van der Waals surface area contributed by atoms with E-state index in [2.05, 4.69) is 111 Å². The monoisotopic (exact) mass is 648 g/mol. The van der Waals surface area contributed by atoms with Gasteiger partial charge in [-0.15, -0.1) is 0 Å². The van der Waals surface area contributed by atoms with Crippen molar-refractivity contribution in [2.75, 3.05) is 6.54 Å². The summed E-state index contributed by atoms with van der Waals surface area (Å²) in [4.78, 5) is 0. The Morgan fingerprint density at radius 3 is 1.17 bits per heavy atom. The van der Waals surface area contributed by atoms with Crippen molar-refractivity contribution in [2.45, 2.75) is 146 Å². The van der Waals surface area contributed by atoms with Crippen LogP contribution in [0.5, 0.6) is 0 Å². The number of hydrogen-bond acceptors (Lipinski definition) is 6. The van der Waals surface area contributed by atoms with E-state index >= 15 is 0 Å². The first-order chi connectivity index (χ1) is 23.7. The molecule has 7 aliphatic rings. The third-order valence-electron chi connectivity index (χ3n) is 11.7. The van der Waals surface area contributed by atoms with Gasteiger partial charge >= 0.3 is 0 Å². The molecule has 7 atom stereocenters. The fourth-order valence-corrected chi connectivity index (χ4v) is 8.73. The summed E-state index contributed by atoms with van der Waals surface area (Å²) in [7, 11) is 0. The van der Waals surface area contributed by atoms with Gasteiger partial charge in [-0.05, 0) is 66.4 Å². The summed E-state index contributed by atoms with van der Waals surface area (Å²) in [6, 6.07) is 21.9. The Bertz CT molecular complexity index is 1360. The van der Waals surface area contributed by atoms with Gasteiger partial charge in [0.05, 0.1) is 0 Å². The summed E-state index contributed by atoms with van der Waals surface area (Å²) in [6.45, 7) is 4.65. The molecule has 3 aliphatic heterocycles. The van der Waals surface area contributed by atoms with E-state index in [4.69, 9.17) is 0 Å². The number of rotatable bonds is 0. The van der Waals surface area contributed by atoms with Gasteiger partial charge in [0.25, 0.3) is 0 Å². The first-order valence-corrected chi connectivity index (χ1v) is 19.4. The fraction of sp³-hybridized carbons (Fsp3) is 0.571.